The van der Waals surface area contributed by atoms with Gasteiger partial charge in [0.05, 0.1) is 28.7 Å². The average Bonchev–Trinajstić information content (AvgIpc) is 3.74. The van der Waals surface area contributed by atoms with E-state index in [1.54, 1.807) is 30.7 Å². The minimum absolute atomic E-state index is 0.202. The normalized spacial score (nSPS) is 17.8. The Morgan fingerprint density at radius 2 is 2.15 bits per heavy atom. The number of carbonyl (C=O) groups excluding carboxylic acids is 1. The number of halogens is 1. The number of fused-ring (bicyclic) bond motifs is 1. The Morgan fingerprint density at radius 3 is 2.80 bits per heavy atom. The zero-order valence-electron chi connectivity index (χ0n) is 22.7. The minimum Gasteiger partial charge on any atom is -0.368 e. The van der Waals surface area contributed by atoms with Crippen molar-refractivity contribution in [1.82, 2.24) is 40.2 Å². The summed E-state index contributed by atoms with van der Waals surface area (Å²) in [6.07, 6.45) is 7.44. The first-order chi connectivity index (χ1) is 19.8. The minimum atomic E-state index is -1.02. The quantitative estimate of drug-likeness (QED) is 0.236. The number of H-pyrrole nitrogens is 1. The topological polar surface area (TPSA) is 136 Å². The maximum absolute atomic E-state index is 13.5. The molecule has 13 heteroatoms. The lowest BCUT2D eigenvalue weighted by Gasteiger charge is -2.34. The van der Waals surface area contributed by atoms with Gasteiger partial charge in [0.15, 0.2) is 29.1 Å². The first-order valence-electron chi connectivity index (χ1n) is 13.1. The molecule has 1 amide bonds. The van der Waals surface area contributed by atoms with Gasteiger partial charge in [0, 0.05) is 31.5 Å². The molecular weight excluding hydrogens is 545 g/mol. The van der Waals surface area contributed by atoms with E-state index in [4.69, 9.17) is 14.7 Å². The van der Waals surface area contributed by atoms with Crippen LogP contribution in [0.1, 0.15) is 49.3 Å². The molecule has 6 rings (SSSR count). The van der Waals surface area contributed by atoms with E-state index in [0.29, 0.717) is 42.5 Å². The van der Waals surface area contributed by atoms with Gasteiger partial charge < -0.3 is 15.4 Å². The second kappa shape index (κ2) is 10.8. The van der Waals surface area contributed by atoms with Gasteiger partial charge >= 0.3 is 0 Å². The standard InChI is InChI=1S/C28H28FN9O2S/c1-16-12-22(37-36-16)34-26-24-21(8-11-41-24)33-25(35-26)18-6-9-28(40-3,10-7-18)27(39)32-17(2)19-4-5-23(30-13-19)38-15-20(29)14-31-38/h4-6,8,11-15,17H,7,9-10H2,1-3H3,(H,32,39)(H2,33,34,35,36,37)/t17-,28?/m0/s1. The molecule has 5 heterocycles. The second-order valence-electron chi connectivity index (χ2n) is 9.97. The molecule has 2 atom stereocenters. The highest BCUT2D eigenvalue weighted by Gasteiger charge is 2.40. The number of carbonyl (C=O) groups is 1. The SMILES string of the molecule is COC1(C(=O)N[C@@H](C)c2ccc(-n3cc(F)cn3)nc2)CC=C(c2nc(Nc3cc(C)[nH]n3)c3sccc3n2)CC1. The molecule has 1 unspecified atom stereocenters. The Morgan fingerprint density at radius 1 is 1.27 bits per heavy atom. The van der Waals surface area contributed by atoms with E-state index >= 15 is 0 Å². The van der Waals surface area contributed by atoms with Gasteiger partial charge in [-0.15, -0.1) is 11.3 Å². The van der Waals surface area contributed by atoms with Crippen LogP contribution in [0.4, 0.5) is 16.0 Å². The van der Waals surface area contributed by atoms with Gasteiger partial charge in [0.2, 0.25) is 0 Å². The lowest BCUT2D eigenvalue weighted by Crippen LogP contribution is -2.49. The Bertz CT molecular complexity index is 1740. The molecule has 0 aromatic carbocycles. The number of hydrogen-bond acceptors (Lipinski definition) is 9. The molecular formula is C28H28FN9O2S. The summed E-state index contributed by atoms with van der Waals surface area (Å²) in [5.41, 5.74) is 2.54. The zero-order chi connectivity index (χ0) is 28.6. The van der Waals surface area contributed by atoms with Gasteiger partial charge in [-0.05, 0) is 55.3 Å². The number of anilines is 2. The summed E-state index contributed by atoms with van der Waals surface area (Å²) < 4.78 is 21.4. The number of aromatic amines is 1. The van der Waals surface area contributed by atoms with Gasteiger partial charge in [0.1, 0.15) is 5.60 Å². The number of ether oxygens (including phenoxy) is 1. The molecule has 11 nitrogen and oxygen atoms in total. The van der Waals surface area contributed by atoms with Crippen LogP contribution in [0.15, 0.2) is 54.3 Å². The number of aromatic nitrogens is 7. The van der Waals surface area contributed by atoms with Crippen LogP contribution in [0.2, 0.25) is 0 Å². The van der Waals surface area contributed by atoms with Crippen LogP contribution >= 0.6 is 11.3 Å². The number of thiophene rings is 1. The average molecular weight is 574 g/mol. The van der Waals surface area contributed by atoms with E-state index in [-0.39, 0.29) is 11.9 Å². The van der Waals surface area contributed by atoms with Crippen molar-refractivity contribution in [3.8, 4) is 5.82 Å². The Labute approximate surface area is 238 Å². The third-order valence-electron chi connectivity index (χ3n) is 7.23. The van der Waals surface area contributed by atoms with Crippen molar-refractivity contribution in [3.05, 3.63) is 77.2 Å². The smallest absolute Gasteiger partial charge is 0.253 e. The third kappa shape index (κ3) is 5.33. The zero-order valence-corrected chi connectivity index (χ0v) is 23.5. The number of rotatable bonds is 8. The van der Waals surface area contributed by atoms with E-state index in [2.05, 4.69) is 30.9 Å². The van der Waals surface area contributed by atoms with Crippen molar-refractivity contribution in [2.24, 2.45) is 0 Å². The second-order valence-corrected chi connectivity index (χ2v) is 10.9. The highest BCUT2D eigenvalue weighted by atomic mass is 32.1. The van der Waals surface area contributed by atoms with Gasteiger partial charge in [0.25, 0.3) is 5.91 Å². The maximum Gasteiger partial charge on any atom is 0.253 e. The molecule has 5 aromatic heterocycles. The fourth-order valence-electron chi connectivity index (χ4n) is 4.84. The highest BCUT2D eigenvalue weighted by molar-refractivity contribution is 7.17. The molecule has 0 saturated carbocycles. The fourth-order valence-corrected chi connectivity index (χ4v) is 5.61. The Hall–Kier alpha value is -4.49. The van der Waals surface area contributed by atoms with Gasteiger partial charge in [-0.3, -0.25) is 9.89 Å². The monoisotopic (exact) mass is 573 g/mol. The summed E-state index contributed by atoms with van der Waals surface area (Å²) in [7, 11) is 1.56. The largest absolute Gasteiger partial charge is 0.368 e. The molecule has 3 N–H and O–H groups in total. The van der Waals surface area contributed by atoms with Crippen LogP contribution in [0.25, 0.3) is 21.6 Å². The number of pyridine rings is 1. The van der Waals surface area contributed by atoms with Crippen LogP contribution in [0, 0.1) is 12.7 Å². The number of hydrogen-bond donors (Lipinski definition) is 3. The van der Waals surface area contributed by atoms with E-state index in [0.717, 1.165) is 33.2 Å². The summed E-state index contributed by atoms with van der Waals surface area (Å²) >= 11 is 1.57. The molecule has 5 aromatic rings. The summed E-state index contributed by atoms with van der Waals surface area (Å²) in [4.78, 5) is 27.5. The van der Waals surface area contributed by atoms with Crippen LogP contribution < -0.4 is 10.6 Å². The van der Waals surface area contributed by atoms with Crippen LogP contribution in [0.3, 0.4) is 0 Å². The van der Waals surface area contributed by atoms with E-state index < -0.39 is 11.4 Å². The van der Waals surface area contributed by atoms with Gasteiger partial charge in [-0.1, -0.05) is 12.1 Å². The van der Waals surface area contributed by atoms with Crippen molar-refractivity contribution in [3.63, 3.8) is 0 Å². The summed E-state index contributed by atoms with van der Waals surface area (Å²) in [5.74, 6) is 1.84. The predicted octanol–water partition coefficient (Wildman–Crippen LogP) is 5.02. The third-order valence-corrected chi connectivity index (χ3v) is 8.14. The van der Waals surface area contributed by atoms with Crippen molar-refractivity contribution in [2.75, 3.05) is 12.4 Å². The van der Waals surface area contributed by atoms with Crippen molar-refractivity contribution < 1.29 is 13.9 Å². The molecule has 1 aliphatic rings. The van der Waals surface area contributed by atoms with Crippen LogP contribution in [-0.2, 0) is 9.53 Å². The molecule has 1 aliphatic carbocycles. The summed E-state index contributed by atoms with van der Waals surface area (Å²) in [6, 6.07) is 7.13. The molecule has 41 heavy (non-hydrogen) atoms. The molecule has 0 spiro atoms. The van der Waals surface area contributed by atoms with Crippen molar-refractivity contribution in [1.29, 1.82) is 0 Å². The fraction of sp³-hybridized carbons (Fsp3) is 0.286. The van der Waals surface area contributed by atoms with Crippen molar-refractivity contribution in [2.45, 2.75) is 44.8 Å². The highest BCUT2D eigenvalue weighted by Crippen LogP contribution is 2.37. The molecule has 0 saturated heterocycles. The lowest BCUT2D eigenvalue weighted by atomic mass is 9.84. The van der Waals surface area contributed by atoms with Crippen molar-refractivity contribution >= 4 is 44.7 Å². The number of methoxy groups -OCH3 is 1. The number of allylic oxidation sites excluding steroid dienone is 1. The summed E-state index contributed by atoms with van der Waals surface area (Å²) in [6.45, 7) is 3.82. The molecule has 0 radical (unpaired) electrons. The molecule has 0 aliphatic heterocycles. The van der Waals surface area contributed by atoms with Gasteiger partial charge in [-0.2, -0.15) is 10.2 Å². The Balaban J connectivity index is 1.17. The predicted molar refractivity (Wildman–Crippen MR) is 153 cm³/mol. The van der Waals surface area contributed by atoms with E-state index in [1.807, 2.05) is 43.5 Å². The lowest BCUT2D eigenvalue weighted by molar-refractivity contribution is -0.145. The first kappa shape index (κ1) is 26.7. The number of nitrogens with zero attached hydrogens (tertiary/aromatic N) is 6. The van der Waals surface area contributed by atoms with Crippen LogP contribution in [-0.4, -0.2) is 53.5 Å². The molecule has 210 valence electrons. The van der Waals surface area contributed by atoms with E-state index in [9.17, 15) is 9.18 Å². The number of aryl methyl sites for hydroxylation is 1. The Kier molecular flexibility index (Phi) is 7.05. The number of amides is 1. The molecule has 0 bridgehead atoms. The molecule has 0 fully saturated rings. The first-order valence-corrected chi connectivity index (χ1v) is 14.0. The maximum atomic E-state index is 13.5. The number of nitrogens with one attached hydrogen (secondary N) is 3. The van der Waals surface area contributed by atoms with Gasteiger partial charge in [-0.25, -0.2) is 24.0 Å². The van der Waals surface area contributed by atoms with E-state index in [1.165, 1.54) is 10.9 Å². The summed E-state index contributed by atoms with van der Waals surface area (Å²) in [5, 5.41) is 19.5. The van der Waals surface area contributed by atoms with Crippen LogP contribution in [0.5, 0.6) is 0 Å².